The lowest BCUT2D eigenvalue weighted by molar-refractivity contribution is -0.0138. The number of hydrogen-bond donors (Lipinski definition) is 2. The number of aliphatic hydroxyl groups is 1. The van der Waals surface area contributed by atoms with Gasteiger partial charge < -0.3 is 10.4 Å². The van der Waals surface area contributed by atoms with Gasteiger partial charge in [0.25, 0.3) is 0 Å². The van der Waals surface area contributed by atoms with Gasteiger partial charge in [0.1, 0.15) is 0 Å². The van der Waals surface area contributed by atoms with E-state index in [4.69, 9.17) is 11.6 Å². The second-order valence-corrected chi connectivity index (χ2v) is 6.76. The molecule has 0 saturated heterocycles. The van der Waals surface area contributed by atoms with Crippen LogP contribution in [0, 0.1) is 5.92 Å². The highest BCUT2D eigenvalue weighted by Crippen LogP contribution is 2.32. The molecule has 0 spiro atoms. The van der Waals surface area contributed by atoms with Gasteiger partial charge in [-0.3, -0.25) is 0 Å². The standard InChI is InChI=1S/C17H26ClNO/c1-3-16(14-7-4-8-15(18)10-14)19-12-17(20)9-5-6-13(2)11-17/h4,7-8,10,13,16,19-20H,3,5-6,9,11-12H2,1-2H3. The summed E-state index contributed by atoms with van der Waals surface area (Å²) < 4.78 is 0. The van der Waals surface area contributed by atoms with Gasteiger partial charge in [-0.2, -0.15) is 0 Å². The molecule has 1 fully saturated rings. The van der Waals surface area contributed by atoms with Crippen LogP contribution >= 0.6 is 11.6 Å². The van der Waals surface area contributed by atoms with Gasteiger partial charge in [-0.05, 0) is 42.9 Å². The van der Waals surface area contributed by atoms with Crippen LogP contribution in [-0.4, -0.2) is 17.3 Å². The first-order chi connectivity index (χ1) is 9.52. The van der Waals surface area contributed by atoms with Crippen molar-refractivity contribution in [3.05, 3.63) is 34.9 Å². The van der Waals surface area contributed by atoms with Crippen molar-refractivity contribution in [3.63, 3.8) is 0 Å². The van der Waals surface area contributed by atoms with Gasteiger partial charge in [0.15, 0.2) is 0 Å². The molecule has 3 unspecified atom stereocenters. The molecule has 3 atom stereocenters. The first-order valence-electron chi connectivity index (χ1n) is 7.73. The van der Waals surface area contributed by atoms with Crippen molar-refractivity contribution in [1.29, 1.82) is 0 Å². The third-order valence-corrected chi connectivity index (χ3v) is 4.64. The van der Waals surface area contributed by atoms with E-state index in [1.807, 2.05) is 18.2 Å². The molecule has 2 nitrogen and oxygen atoms in total. The average Bonchev–Trinajstić information content (AvgIpc) is 2.39. The maximum absolute atomic E-state index is 10.7. The molecule has 20 heavy (non-hydrogen) atoms. The van der Waals surface area contributed by atoms with Gasteiger partial charge in [0.2, 0.25) is 0 Å². The number of hydrogen-bond acceptors (Lipinski definition) is 2. The summed E-state index contributed by atoms with van der Waals surface area (Å²) in [6, 6.07) is 8.25. The highest BCUT2D eigenvalue weighted by Gasteiger charge is 2.32. The van der Waals surface area contributed by atoms with Crippen LogP contribution in [0.3, 0.4) is 0 Å². The molecule has 1 saturated carbocycles. The summed E-state index contributed by atoms with van der Waals surface area (Å²) in [7, 11) is 0. The number of rotatable bonds is 5. The molecule has 1 aliphatic rings. The Labute approximate surface area is 127 Å². The molecule has 0 amide bonds. The fourth-order valence-corrected chi connectivity index (χ4v) is 3.53. The zero-order valence-electron chi connectivity index (χ0n) is 12.5. The molecule has 2 N–H and O–H groups in total. The summed E-state index contributed by atoms with van der Waals surface area (Å²) in [5.74, 6) is 0.627. The zero-order chi connectivity index (χ0) is 14.6. The maximum atomic E-state index is 10.7. The predicted octanol–water partition coefficient (Wildman–Crippen LogP) is 4.32. The zero-order valence-corrected chi connectivity index (χ0v) is 13.3. The largest absolute Gasteiger partial charge is 0.389 e. The van der Waals surface area contributed by atoms with E-state index < -0.39 is 5.60 Å². The molecule has 2 rings (SSSR count). The Kier molecular flexibility index (Phi) is 5.48. The molecule has 1 aromatic carbocycles. The maximum Gasteiger partial charge on any atom is 0.0774 e. The lowest BCUT2D eigenvalue weighted by atomic mass is 9.79. The van der Waals surface area contributed by atoms with E-state index in [2.05, 4.69) is 25.2 Å². The summed E-state index contributed by atoms with van der Waals surface area (Å²) in [6.45, 7) is 5.06. The van der Waals surface area contributed by atoms with Crippen molar-refractivity contribution in [2.75, 3.05) is 6.54 Å². The van der Waals surface area contributed by atoms with Crippen LogP contribution in [0.2, 0.25) is 5.02 Å². The van der Waals surface area contributed by atoms with Crippen LogP contribution in [0.15, 0.2) is 24.3 Å². The fraction of sp³-hybridized carbons (Fsp3) is 0.647. The molecule has 0 aliphatic heterocycles. The van der Waals surface area contributed by atoms with Crippen molar-refractivity contribution in [3.8, 4) is 0 Å². The van der Waals surface area contributed by atoms with Crippen LogP contribution in [0.5, 0.6) is 0 Å². The van der Waals surface area contributed by atoms with Gasteiger partial charge in [0.05, 0.1) is 5.60 Å². The normalized spacial score (nSPS) is 28.3. The Hall–Kier alpha value is -0.570. The lowest BCUT2D eigenvalue weighted by Crippen LogP contribution is -2.45. The van der Waals surface area contributed by atoms with E-state index in [-0.39, 0.29) is 6.04 Å². The minimum atomic E-state index is -0.538. The molecule has 0 heterocycles. The summed E-state index contributed by atoms with van der Waals surface area (Å²) in [4.78, 5) is 0. The third-order valence-electron chi connectivity index (χ3n) is 4.40. The molecular formula is C17H26ClNO. The Morgan fingerprint density at radius 1 is 1.50 bits per heavy atom. The molecule has 0 aromatic heterocycles. The van der Waals surface area contributed by atoms with E-state index in [1.165, 1.54) is 12.0 Å². The summed E-state index contributed by atoms with van der Waals surface area (Å²) in [5, 5.41) is 15.0. The summed E-state index contributed by atoms with van der Waals surface area (Å²) >= 11 is 6.06. The van der Waals surface area contributed by atoms with Crippen LogP contribution in [0.25, 0.3) is 0 Å². The van der Waals surface area contributed by atoms with E-state index >= 15 is 0 Å². The molecule has 112 valence electrons. The van der Waals surface area contributed by atoms with Gasteiger partial charge in [-0.15, -0.1) is 0 Å². The summed E-state index contributed by atoms with van der Waals surface area (Å²) in [6.07, 6.45) is 5.19. The van der Waals surface area contributed by atoms with E-state index in [0.29, 0.717) is 12.5 Å². The first-order valence-corrected chi connectivity index (χ1v) is 8.11. The van der Waals surface area contributed by atoms with Crippen molar-refractivity contribution in [2.24, 2.45) is 5.92 Å². The molecule has 0 bridgehead atoms. The van der Waals surface area contributed by atoms with Crippen LogP contribution in [0.1, 0.15) is 57.6 Å². The van der Waals surface area contributed by atoms with Crippen LogP contribution < -0.4 is 5.32 Å². The topological polar surface area (TPSA) is 32.3 Å². The molecule has 1 aliphatic carbocycles. The smallest absolute Gasteiger partial charge is 0.0774 e. The number of benzene rings is 1. The van der Waals surface area contributed by atoms with Gasteiger partial charge in [0, 0.05) is 17.6 Å². The lowest BCUT2D eigenvalue weighted by Gasteiger charge is -2.37. The van der Waals surface area contributed by atoms with Gasteiger partial charge >= 0.3 is 0 Å². The average molecular weight is 296 g/mol. The monoisotopic (exact) mass is 295 g/mol. The van der Waals surface area contributed by atoms with Gasteiger partial charge in [-0.1, -0.05) is 50.4 Å². The second kappa shape index (κ2) is 6.93. The minimum absolute atomic E-state index is 0.259. The Bertz CT molecular complexity index is 437. The molecule has 3 heteroatoms. The van der Waals surface area contributed by atoms with Gasteiger partial charge in [-0.25, -0.2) is 0 Å². The SMILES string of the molecule is CCC(NCC1(O)CCCC(C)C1)c1cccc(Cl)c1. The van der Waals surface area contributed by atoms with Crippen molar-refractivity contribution in [1.82, 2.24) is 5.32 Å². The van der Waals surface area contributed by atoms with E-state index in [9.17, 15) is 5.11 Å². The Morgan fingerprint density at radius 2 is 2.30 bits per heavy atom. The number of nitrogens with one attached hydrogen (secondary N) is 1. The van der Waals surface area contributed by atoms with Crippen molar-refractivity contribution < 1.29 is 5.11 Å². The minimum Gasteiger partial charge on any atom is -0.389 e. The van der Waals surface area contributed by atoms with Crippen molar-refractivity contribution in [2.45, 2.75) is 57.6 Å². The van der Waals surface area contributed by atoms with Crippen LogP contribution in [0.4, 0.5) is 0 Å². The van der Waals surface area contributed by atoms with E-state index in [0.717, 1.165) is 30.7 Å². The third kappa shape index (κ3) is 4.21. The molecular weight excluding hydrogens is 270 g/mol. The fourth-order valence-electron chi connectivity index (χ4n) is 3.33. The highest BCUT2D eigenvalue weighted by molar-refractivity contribution is 6.30. The molecule has 1 aromatic rings. The van der Waals surface area contributed by atoms with Crippen molar-refractivity contribution >= 4 is 11.6 Å². The van der Waals surface area contributed by atoms with Crippen LogP contribution in [-0.2, 0) is 0 Å². The number of halogens is 1. The second-order valence-electron chi connectivity index (χ2n) is 6.32. The highest BCUT2D eigenvalue weighted by atomic mass is 35.5. The Morgan fingerprint density at radius 3 is 2.95 bits per heavy atom. The summed E-state index contributed by atoms with van der Waals surface area (Å²) in [5.41, 5.74) is 0.663. The predicted molar refractivity (Wildman–Crippen MR) is 85.1 cm³/mol. The first kappa shape index (κ1) is 15.8. The molecule has 0 radical (unpaired) electrons. The Balaban J connectivity index is 1.97. The van der Waals surface area contributed by atoms with E-state index in [1.54, 1.807) is 0 Å². The quantitative estimate of drug-likeness (QED) is 0.848.